The third-order valence-electron chi connectivity index (χ3n) is 2.21. The lowest BCUT2D eigenvalue weighted by molar-refractivity contribution is -0.320. The summed E-state index contributed by atoms with van der Waals surface area (Å²) in [6.07, 6.45) is -3.18. The summed E-state index contributed by atoms with van der Waals surface area (Å²) < 4.78 is 73.9. The van der Waals surface area contributed by atoms with Crippen LogP contribution in [0, 0.1) is 11.8 Å². The van der Waals surface area contributed by atoms with Crippen LogP contribution in [0.4, 0.5) is 0 Å². The van der Waals surface area contributed by atoms with E-state index in [0.717, 1.165) is 27.7 Å². The van der Waals surface area contributed by atoms with Crippen molar-refractivity contribution in [2.75, 3.05) is 0 Å². The molecule has 1 unspecified atom stereocenters. The van der Waals surface area contributed by atoms with Crippen LogP contribution in [0.2, 0.25) is 5.65 Å². The predicted molar refractivity (Wildman–Crippen MR) is 88.2 cm³/mol. The Morgan fingerprint density at radius 3 is 1.81 bits per heavy atom. The Bertz CT molecular complexity index is 746. The fourth-order valence-corrected chi connectivity index (χ4v) is 0.551. The van der Waals surface area contributed by atoms with E-state index >= 15 is 0 Å². The molecule has 0 rings (SSSR count). The number of Topliss-reactive ketones (excluding diaryl/α,β-unsaturated/α-hetero) is 1. The number of hydrogen-bond donors (Lipinski definition) is 3. The fourth-order valence-electron chi connectivity index (χ4n) is 0.551. The van der Waals surface area contributed by atoms with Gasteiger partial charge in [-0.15, -0.1) is 0 Å². The standard InChI is InChI=1S/C6H12O2.C5H11NO2.C5H8O4.H3N/c1-5(2)3-4-6(7)8;1-3(2)4(6)5(7)8;1-3(6)5(2,9)4(7)8;/h5H,3-4H2,1-2H3,(H,7,8);3-4H,6H2,1-2H3,(H,7,8);9H,1-2H3,(H,7,8);1H3/p-3/t;4-;;/m.0../s1/i3D2,4D,5D;3D,4D;9D;/hD4/t4-;m;;/m10../s1. The molecule has 0 saturated carbocycles. The Kier molecular flexibility index (Phi) is 7.72. The molecule has 0 radical (unpaired) electrons. The molecule has 0 amide bonds. The highest BCUT2D eigenvalue weighted by molar-refractivity contribution is 6.03. The van der Waals surface area contributed by atoms with Gasteiger partial charge in [-0.2, -0.15) is 0 Å². The second-order valence-corrected chi connectivity index (χ2v) is 5.12. The van der Waals surface area contributed by atoms with Gasteiger partial charge in [0.25, 0.3) is 0 Å². The molecular weight excluding hydrogens is 348 g/mol. The minimum absolute atomic E-state index is 0.338. The van der Waals surface area contributed by atoms with E-state index < -0.39 is 59.9 Å². The Morgan fingerprint density at radius 2 is 1.77 bits per heavy atom. The van der Waals surface area contributed by atoms with Crippen molar-refractivity contribution in [2.24, 2.45) is 17.5 Å². The zero-order chi connectivity index (χ0) is 31.4. The average Bonchev–Trinajstić information content (AvgIpc) is 2.70. The summed E-state index contributed by atoms with van der Waals surface area (Å²) in [6, 6.07) is -2.67. The summed E-state index contributed by atoms with van der Waals surface area (Å²) in [6.45, 7) is 6.69. The van der Waals surface area contributed by atoms with E-state index in [9.17, 15) is 34.5 Å². The molecule has 6 N–H and O–H groups in total. The van der Waals surface area contributed by atoms with Gasteiger partial charge in [0.05, 0.1) is 13.3 Å². The van der Waals surface area contributed by atoms with Crippen LogP contribution in [-0.2, 0) is 19.2 Å². The Labute approximate surface area is 169 Å². The van der Waals surface area contributed by atoms with Gasteiger partial charge in [-0.05, 0) is 38.4 Å². The molecule has 0 fully saturated rings. The van der Waals surface area contributed by atoms with E-state index in [1.54, 1.807) is 0 Å². The minimum atomic E-state index is -2.67. The summed E-state index contributed by atoms with van der Waals surface area (Å²) in [4.78, 5) is 41.2. The first kappa shape index (κ1) is 13.2. The van der Waals surface area contributed by atoms with Crippen LogP contribution in [0.3, 0.4) is 0 Å². The van der Waals surface area contributed by atoms with Crippen molar-refractivity contribution < 1.29 is 53.5 Å². The molecule has 10 heteroatoms. The molecule has 0 aromatic rings. The topological polar surface area (TPSA) is 219 Å². The summed E-state index contributed by atoms with van der Waals surface area (Å²) in [5, 5.41) is 34.4. The molecule has 0 bridgehead atoms. The van der Waals surface area contributed by atoms with E-state index in [2.05, 4.69) is 5.11 Å². The van der Waals surface area contributed by atoms with Crippen LogP contribution in [0.15, 0.2) is 0 Å². The minimum Gasteiger partial charge on any atom is -0.550 e. The second-order valence-electron chi connectivity index (χ2n) is 5.12. The number of rotatable bonds is 9. The number of carboxylic acids is 3. The van der Waals surface area contributed by atoms with Crippen molar-refractivity contribution in [3.05, 3.63) is 0 Å². The number of aliphatic carboxylic acids is 3. The lowest BCUT2D eigenvalue weighted by Gasteiger charge is -2.19. The molecule has 0 aliphatic carbocycles. The van der Waals surface area contributed by atoms with Crippen LogP contribution >= 0.6 is 0 Å². The summed E-state index contributed by atoms with van der Waals surface area (Å²) in [5.74, 6) is -9.60. The number of nitrogens with two attached hydrogens (primary N) is 1. The Balaban J connectivity index is -0.000000210. The number of carboxylic acid groups (broad SMARTS) is 3. The SMILES string of the molecule is [2H]N([2H])[C@]([2H])(C(=O)[O-])C([2H])(C)C.[2H]N[2H].[2H]OC(C)(C(C)=O)C(=O)[O-].[2H][C@@H](C(=O)[O-])C([2H])([2H])C([2H])(C)C. The number of carbonyl (C=O) groups excluding carboxylic acids is 4. The number of hydrogen-bond acceptors (Lipinski definition) is 10. The zero-order valence-corrected chi connectivity index (χ0v) is 15.3. The molecule has 26 heavy (non-hydrogen) atoms. The quantitative estimate of drug-likeness (QED) is 0.341. The Morgan fingerprint density at radius 1 is 1.31 bits per heavy atom. The van der Waals surface area contributed by atoms with Crippen LogP contribution < -0.4 is 27.2 Å². The van der Waals surface area contributed by atoms with Crippen molar-refractivity contribution in [1.29, 1.82) is 1.43 Å². The molecule has 0 aliphatic heterocycles. The predicted octanol–water partition coefficient (Wildman–Crippen LogP) is -2.87. The summed E-state index contributed by atoms with van der Waals surface area (Å²) in [5.41, 5.74) is -2.46. The van der Waals surface area contributed by atoms with E-state index in [1.807, 2.05) is 0 Å². The van der Waals surface area contributed by atoms with Crippen molar-refractivity contribution >= 4 is 23.7 Å². The maximum Gasteiger partial charge on any atom is 0.212 e. The van der Waals surface area contributed by atoms with Crippen LogP contribution in [0.5, 0.6) is 0 Å². The summed E-state index contributed by atoms with van der Waals surface area (Å²) in [7, 11) is 0. The van der Waals surface area contributed by atoms with E-state index in [1.165, 1.54) is 20.0 Å². The lowest BCUT2D eigenvalue weighted by atomic mass is 10.0. The van der Waals surface area contributed by atoms with E-state index in [4.69, 9.17) is 15.3 Å². The van der Waals surface area contributed by atoms with Gasteiger partial charge in [-0.1, -0.05) is 27.7 Å². The van der Waals surface area contributed by atoms with E-state index in [0.29, 0.717) is 0 Å². The van der Waals surface area contributed by atoms with Crippen LogP contribution in [-0.4, -0.2) is 41.9 Å². The van der Waals surface area contributed by atoms with Gasteiger partial charge >= 0.3 is 0 Å². The molecule has 0 spiro atoms. The van der Waals surface area contributed by atoms with E-state index in [-0.39, 0.29) is 5.72 Å². The largest absolute Gasteiger partial charge is 0.550 e. The highest BCUT2D eigenvalue weighted by Crippen LogP contribution is 2.01. The van der Waals surface area contributed by atoms with Crippen LogP contribution in [0.1, 0.15) is 62.5 Å². The third-order valence-corrected chi connectivity index (χ3v) is 2.21. The monoisotopic (exact) mass is 390 g/mol. The normalized spacial score (nSPS) is 22.7. The maximum atomic E-state index is 10.5. The maximum absolute atomic E-state index is 10.5. The molecular formula is C16H31N2O8-3. The van der Waals surface area contributed by atoms with Crippen molar-refractivity contribution in [2.45, 2.75) is 65.9 Å². The van der Waals surface area contributed by atoms with Crippen molar-refractivity contribution in [3.63, 3.8) is 0 Å². The molecule has 156 valence electrons. The average molecular weight is 390 g/mol. The third kappa shape index (κ3) is 18.3. The molecule has 0 heterocycles. The number of ketones is 1. The fraction of sp³-hybridized carbons (Fsp3) is 0.750. The highest BCUT2D eigenvalue weighted by atomic mass is 16.4. The molecule has 0 aliphatic rings. The van der Waals surface area contributed by atoms with Crippen molar-refractivity contribution in [1.82, 2.24) is 6.14 Å². The first-order valence-corrected chi connectivity index (χ1v) is 6.68. The zero-order valence-electron chi connectivity index (χ0n) is 26.3. The van der Waals surface area contributed by atoms with Gasteiger partial charge in [0, 0.05) is 18.8 Å². The van der Waals surface area contributed by atoms with Gasteiger partial charge in [-0.3, -0.25) is 4.79 Å². The number of aliphatic hydroxyl groups is 1. The first-order valence-electron chi connectivity index (χ1n) is 12.1. The number of carbonyl (C=O) groups is 4. The second kappa shape index (κ2) is 15.2. The molecule has 3 atom stereocenters. The van der Waals surface area contributed by atoms with Crippen molar-refractivity contribution in [3.8, 4) is 0 Å². The van der Waals surface area contributed by atoms with Gasteiger partial charge in [-0.25, -0.2) is 0 Å². The highest BCUT2D eigenvalue weighted by Gasteiger charge is 2.27. The molecule has 0 saturated heterocycles. The van der Waals surface area contributed by atoms with Gasteiger partial charge < -0.3 is 46.7 Å². The first-order chi connectivity index (χ1) is 16.1. The molecule has 0 aromatic carbocycles. The van der Waals surface area contributed by atoms with Gasteiger partial charge in [0.2, 0.25) is 1.43 Å². The molecule has 0 aromatic heterocycles. The van der Waals surface area contributed by atoms with Gasteiger partial charge in [0.1, 0.15) is 5.65 Å². The Hall–Kier alpha value is -2.04. The van der Waals surface area contributed by atoms with Gasteiger partial charge in [0.15, 0.2) is 11.4 Å². The lowest BCUT2D eigenvalue weighted by Crippen LogP contribution is -2.50. The smallest absolute Gasteiger partial charge is 0.212 e. The summed E-state index contributed by atoms with van der Waals surface area (Å²) >= 11 is 0. The molecule has 10 nitrogen and oxygen atoms in total. The van der Waals surface area contributed by atoms with Crippen LogP contribution in [0.25, 0.3) is 0 Å².